The summed E-state index contributed by atoms with van der Waals surface area (Å²) in [5.74, 6) is -0.265. The Kier molecular flexibility index (Phi) is 4.17. The third-order valence-electron chi connectivity index (χ3n) is 2.93. The summed E-state index contributed by atoms with van der Waals surface area (Å²) in [6.07, 6.45) is 3.95. The van der Waals surface area contributed by atoms with Gasteiger partial charge in [0.15, 0.2) is 0 Å². The molecule has 8 heteroatoms. The summed E-state index contributed by atoms with van der Waals surface area (Å²) in [5, 5.41) is 16.8. The first kappa shape index (κ1) is 14.7. The van der Waals surface area contributed by atoms with E-state index in [0.717, 1.165) is 17.1 Å². The topological polar surface area (TPSA) is 72.7 Å². The van der Waals surface area contributed by atoms with E-state index < -0.39 is 0 Å². The zero-order chi connectivity index (χ0) is 15.5. The first-order valence-electron chi connectivity index (χ1n) is 6.60. The molecule has 2 aromatic heterocycles. The lowest BCUT2D eigenvalue weighted by Crippen LogP contribution is -2.10. The minimum Gasteiger partial charge on any atom is -0.296 e. The highest BCUT2D eigenvalue weighted by Crippen LogP contribution is 2.17. The molecule has 1 aromatic carbocycles. The Balaban J connectivity index is 1.75. The van der Waals surface area contributed by atoms with E-state index in [1.54, 1.807) is 23.0 Å². The van der Waals surface area contributed by atoms with E-state index in [4.69, 9.17) is 11.6 Å². The van der Waals surface area contributed by atoms with Crippen LogP contribution in [-0.2, 0) is 6.42 Å². The van der Waals surface area contributed by atoms with Gasteiger partial charge in [0.05, 0.1) is 17.4 Å². The SMILES string of the molecule is CCc1nnc(NC(=O)c2cnn(-c3ccc(Cl)cc3)c2)s1. The van der Waals surface area contributed by atoms with Gasteiger partial charge >= 0.3 is 0 Å². The highest BCUT2D eigenvalue weighted by atomic mass is 35.5. The number of rotatable bonds is 4. The molecule has 0 aliphatic carbocycles. The number of hydrogen-bond acceptors (Lipinski definition) is 5. The van der Waals surface area contributed by atoms with Crippen molar-refractivity contribution in [2.45, 2.75) is 13.3 Å². The van der Waals surface area contributed by atoms with Crippen LogP contribution in [0, 0.1) is 0 Å². The molecule has 112 valence electrons. The zero-order valence-corrected chi connectivity index (χ0v) is 13.2. The smallest absolute Gasteiger partial charge is 0.260 e. The molecule has 1 amide bonds. The predicted octanol–water partition coefficient (Wildman–Crippen LogP) is 3.19. The lowest BCUT2D eigenvalue weighted by atomic mass is 10.3. The van der Waals surface area contributed by atoms with Gasteiger partial charge in [-0.2, -0.15) is 5.10 Å². The summed E-state index contributed by atoms with van der Waals surface area (Å²) in [6.45, 7) is 1.99. The van der Waals surface area contributed by atoms with Gasteiger partial charge in [-0.15, -0.1) is 10.2 Å². The van der Waals surface area contributed by atoms with Gasteiger partial charge in [0, 0.05) is 11.2 Å². The van der Waals surface area contributed by atoms with Crippen molar-refractivity contribution in [1.82, 2.24) is 20.0 Å². The monoisotopic (exact) mass is 333 g/mol. The van der Waals surface area contributed by atoms with Crippen LogP contribution in [0.15, 0.2) is 36.7 Å². The maximum absolute atomic E-state index is 12.2. The molecule has 0 saturated heterocycles. The van der Waals surface area contributed by atoms with Crippen LogP contribution in [0.1, 0.15) is 22.3 Å². The van der Waals surface area contributed by atoms with E-state index in [9.17, 15) is 4.79 Å². The number of nitrogens with one attached hydrogen (secondary N) is 1. The van der Waals surface area contributed by atoms with Crippen molar-refractivity contribution in [3.63, 3.8) is 0 Å². The van der Waals surface area contributed by atoms with Crippen LogP contribution >= 0.6 is 22.9 Å². The summed E-state index contributed by atoms with van der Waals surface area (Å²) < 4.78 is 1.61. The summed E-state index contributed by atoms with van der Waals surface area (Å²) in [5.41, 5.74) is 1.27. The molecule has 0 atom stereocenters. The fourth-order valence-corrected chi connectivity index (χ4v) is 2.59. The second kappa shape index (κ2) is 6.25. The lowest BCUT2D eigenvalue weighted by molar-refractivity contribution is 0.102. The minimum atomic E-state index is -0.265. The molecular weight excluding hydrogens is 322 g/mol. The Hall–Kier alpha value is -2.25. The Morgan fingerprint density at radius 2 is 2.09 bits per heavy atom. The van der Waals surface area contributed by atoms with E-state index >= 15 is 0 Å². The second-order valence-corrected chi connectivity index (χ2v) is 5.96. The van der Waals surface area contributed by atoms with Gasteiger partial charge in [-0.1, -0.05) is 29.9 Å². The molecule has 2 heterocycles. The molecule has 0 saturated carbocycles. The maximum Gasteiger partial charge on any atom is 0.260 e. The molecule has 0 spiro atoms. The van der Waals surface area contributed by atoms with Crippen molar-refractivity contribution < 1.29 is 4.79 Å². The first-order valence-corrected chi connectivity index (χ1v) is 7.79. The average Bonchev–Trinajstić information content (AvgIpc) is 3.17. The van der Waals surface area contributed by atoms with E-state index in [1.165, 1.54) is 17.5 Å². The van der Waals surface area contributed by atoms with E-state index in [2.05, 4.69) is 20.6 Å². The van der Waals surface area contributed by atoms with Gasteiger partial charge in [-0.25, -0.2) is 4.68 Å². The average molecular weight is 334 g/mol. The molecule has 6 nitrogen and oxygen atoms in total. The van der Waals surface area contributed by atoms with Gasteiger partial charge in [0.2, 0.25) is 5.13 Å². The molecule has 0 bridgehead atoms. The number of carbonyl (C=O) groups excluding carboxylic acids is 1. The number of carbonyl (C=O) groups is 1. The minimum absolute atomic E-state index is 0.265. The van der Waals surface area contributed by atoms with Crippen LogP contribution in [0.5, 0.6) is 0 Å². The normalized spacial score (nSPS) is 10.6. The Labute approximate surface area is 135 Å². The molecule has 0 unspecified atom stereocenters. The van der Waals surface area contributed by atoms with Gasteiger partial charge in [0.25, 0.3) is 5.91 Å². The van der Waals surface area contributed by atoms with Crippen molar-refractivity contribution in [2.24, 2.45) is 0 Å². The molecule has 3 aromatic rings. The lowest BCUT2D eigenvalue weighted by Gasteiger charge is -2.00. The van der Waals surface area contributed by atoms with Crippen LogP contribution in [-0.4, -0.2) is 25.9 Å². The number of amides is 1. The van der Waals surface area contributed by atoms with Crippen LogP contribution in [0.2, 0.25) is 5.02 Å². The summed E-state index contributed by atoms with van der Waals surface area (Å²) in [7, 11) is 0. The van der Waals surface area contributed by atoms with Crippen molar-refractivity contribution in [3.05, 3.63) is 52.3 Å². The van der Waals surface area contributed by atoms with Gasteiger partial charge in [-0.05, 0) is 30.7 Å². The Morgan fingerprint density at radius 1 is 1.32 bits per heavy atom. The number of hydrogen-bond donors (Lipinski definition) is 1. The van der Waals surface area contributed by atoms with Crippen LogP contribution in [0.25, 0.3) is 5.69 Å². The Bertz CT molecular complexity index is 796. The number of anilines is 1. The standard InChI is InChI=1S/C14H12ClN5OS/c1-2-12-18-19-14(22-12)17-13(21)9-7-16-20(8-9)11-5-3-10(15)4-6-11/h3-8H,2H2,1H3,(H,17,19,21). The highest BCUT2D eigenvalue weighted by Gasteiger charge is 2.12. The number of benzene rings is 1. The molecule has 0 radical (unpaired) electrons. The molecule has 1 N–H and O–H groups in total. The number of nitrogens with zero attached hydrogens (tertiary/aromatic N) is 4. The van der Waals surface area contributed by atoms with E-state index in [-0.39, 0.29) is 5.91 Å². The zero-order valence-electron chi connectivity index (χ0n) is 11.7. The third-order valence-corrected chi connectivity index (χ3v) is 4.16. The fraction of sp³-hybridized carbons (Fsp3) is 0.143. The number of aryl methyl sites for hydroxylation is 1. The van der Waals surface area contributed by atoms with Crippen molar-refractivity contribution in [2.75, 3.05) is 5.32 Å². The number of aromatic nitrogens is 4. The van der Waals surface area contributed by atoms with Crippen molar-refractivity contribution in [1.29, 1.82) is 0 Å². The van der Waals surface area contributed by atoms with Gasteiger partial charge in [0.1, 0.15) is 5.01 Å². The van der Waals surface area contributed by atoms with Crippen molar-refractivity contribution in [3.8, 4) is 5.69 Å². The largest absolute Gasteiger partial charge is 0.296 e. The molecular formula is C14H12ClN5OS. The molecule has 0 aliphatic rings. The highest BCUT2D eigenvalue weighted by molar-refractivity contribution is 7.15. The van der Waals surface area contributed by atoms with Crippen LogP contribution in [0.3, 0.4) is 0 Å². The third kappa shape index (κ3) is 3.15. The summed E-state index contributed by atoms with van der Waals surface area (Å²) in [4.78, 5) is 12.2. The summed E-state index contributed by atoms with van der Waals surface area (Å²) >= 11 is 7.22. The second-order valence-electron chi connectivity index (χ2n) is 4.46. The quantitative estimate of drug-likeness (QED) is 0.795. The van der Waals surface area contributed by atoms with Crippen LogP contribution in [0.4, 0.5) is 5.13 Å². The molecule has 22 heavy (non-hydrogen) atoms. The van der Waals surface area contributed by atoms with E-state index in [1.807, 2.05) is 19.1 Å². The molecule has 0 aliphatic heterocycles. The number of halogens is 1. The summed E-state index contributed by atoms with van der Waals surface area (Å²) in [6, 6.07) is 7.20. The van der Waals surface area contributed by atoms with E-state index in [0.29, 0.717) is 15.7 Å². The first-order chi connectivity index (χ1) is 10.7. The fourth-order valence-electron chi connectivity index (χ4n) is 1.79. The molecule has 0 fully saturated rings. The van der Waals surface area contributed by atoms with Crippen molar-refractivity contribution >= 4 is 34.0 Å². The maximum atomic E-state index is 12.2. The van der Waals surface area contributed by atoms with Crippen LogP contribution < -0.4 is 5.32 Å². The molecule has 3 rings (SSSR count). The predicted molar refractivity (Wildman–Crippen MR) is 85.8 cm³/mol. The van der Waals surface area contributed by atoms with Gasteiger partial charge < -0.3 is 0 Å². The van der Waals surface area contributed by atoms with Gasteiger partial charge in [-0.3, -0.25) is 10.1 Å². The Morgan fingerprint density at radius 3 is 2.77 bits per heavy atom.